The summed E-state index contributed by atoms with van der Waals surface area (Å²) in [5.74, 6) is -0.299. The Morgan fingerprint density at radius 3 is 2.57 bits per heavy atom. The lowest BCUT2D eigenvalue weighted by atomic mass is 10.2. The van der Waals surface area contributed by atoms with Crippen LogP contribution < -0.4 is 4.57 Å². The van der Waals surface area contributed by atoms with Crippen molar-refractivity contribution in [2.45, 2.75) is 33.7 Å². The Hall–Kier alpha value is -2.49. The van der Waals surface area contributed by atoms with E-state index in [4.69, 9.17) is 4.74 Å². The molecule has 0 fully saturated rings. The van der Waals surface area contributed by atoms with Crippen molar-refractivity contribution in [1.29, 1.82) is 0 Å². The molecule has 0 saturated carbocycles. The van der Waals surface area contributed by atoms with Crippen molar-refractivity contribution < 1.29 is 14.1 Å². The van der Waals surface area contributed by atoms with Crippen molar-refractivity contribution in [3.8, 4) is 0 Å². The van der Waals surface area contributed by atoms with Crippen LogP contribution in [-0.4, -0.2) is 18.8 Å². The summed E-state index contributed by atoms with van der Waals surface area (Å²) in [5, 5.41) is 0. The minimum atomic E-state index is -0.299. The van der Waals surface area contributed by atoms with Gasteiger partial charge in [-0.3, -0.25) is 4.99 Å². The van der Waals surface area contributed by atoms with Crippen LogP contribution >= 0.6 is 0 Å². The van der Waals surface area contributed by atoms with Crippen molar-refractivity contribution in [3.05, 3.63) is 59.4 Å². The first-order valence-corrected chi connectivity index (χ1v) is 7.93. The Kier molecular flexibility index (Phi) is 6.03. The molecule has 1 aromatic carbocycles. The molecule has 0 amide bonds. The molecule has 0 radical (unpaired) electrons. The largest absolute Gasteiger partial charge is 0.462 e. The molecule has 23 heavy (non-hydrogen) atoms. The van der Waals surface area contributed by atoms with Gasteiger partial charge in [0.05, 0.1) is 24.3 Å². The number of benzene rings is 1. The van der Waals surface area contributed by atoms with E-state index < -0.39 is 0 Å². The molecule has 2 aromatic rings. The highest BCUT2D eigenvalue weighted by molar-refractivity contribution is 5.89. The van der Waals surface area contributed by atoms with Gasteiger partial charge >= 0.3 is 5.97 Å². The minimum absolute atomic E-state index is 0.299. The molecule has 0 aliphatic heterocycles. The lowest BCUT2D eigenvalue weighted by Crippen LogP contribution is -2.40. The number of rotatable bonds is 6. The zero-order valence-electron chi connectivity index (χ0n) is 14.0. The van der Waals surface area contributed by atoms with Gasteiger partial charge in [0, 0.05) is 25.3 Å². The fourth-order valence-electron chi connectivity index (χ4n) is 2.48. The van der Waals surface area contributed by atoms with Crippen LogP contribution in [0.2, 0.25) is 0 Å². The van der Waals surface area contributed by atoms with E-state index in [9.17, 15) is 4.79 Å². The van der Waals surface area contributed by atoms with Gasteiger partial charge in [0.1, 0.15) is 6.54 Å². The van der Waals surface area contributed by atoms with E-state index in [1.165, 1.54) is 11.4 Å². The first kappa shape index (κ1) is 16.9. The molecule has 0 atom stereocenters. The molecule has 0 saturated heterocycles. The topological polar surface area (TPSA) is 42.5 Å². The van der Waals surface area contributed by atoms with E-state index in [-0.39, 0.29) is 5.97 Å². The van der Waals surface area contributed by atoms with Crippen molar-refractivity contribution in [3.63, 3.8) is 0 Å². The summed E-state index contributed by atoms with van der Waals surface area (Å²) in [5.41, 5.74) is 3.86. The second kappa shape index (κ2) is 8.22. The second-order valence-electron chi connectivity index (χ2n) is 5.19. The maximum absolute atomic E-state index is 11.6. The van der Waals surface area contributed by atoms with Crippen molar-refractivity contribution >= 4 is 17.9 Å². The summed E-state index contributed by atoms with van der Waals surface area (Å²) in [6, 6.07) is 13.4. The summed E-state index contributed by atoms with van der Waals surface area (Å²) < 4.78 is 7.24. The predicted molar refractivity (Wildman–Crippen MR) is 91.3 cm³/mol. The summed E-state index contributed by atoms with van der Waals surface area (Å²) in [4.78, 5) is 16.1. The molecule has 0 aliphatic carbocycles. The molecule has 1 heterocycles. The molecule has 4 nitrogen and oxygen atoms in total. The summed E-state index contributed by atoms with van der Waals surface area (Å²) in [7, 11) is 0. The third-order valence-corrected chi connectivity index (χ3v) is 3.63. The van der Waals surface area contributed by atoms with E-state index in [0.29, 0.717) is 12.2 Å². The standard InChI is InChI=1S/C19H23N2O2/c1-4-21-15(3)7-6-8-18(21)13-14-20-17-11-9-16(10-12-17)19(22)23-5-2/h6-12,14H,4-5,13H2,1-3H3/q+1. The summed E-state index contributed by atoms with van der Waals surface area (Å²) >= 11 is 0. The minimum Gasteiger partial charge on any atom is -0.462 e. The summed E-state index contributed by atoms with van der Waals surface area (Å²) in [6.45, 7) is 7.38. The van der Waals surface area contributed by atoms with E-state index in [1.54, 1.807) is 19.1 Å². The lowest BCUT2D eigenvalue weighted by Gasteiger charge is -2.03. The number of aliphatic imine (C=N–C) groups is 1. The monoisotopic (exact) mass is 311 g/mol. The van der Waals surface area contributed by atoms with Gasteiger partial charge in [-0.05, 0) is 44.2 Å². The fourth-order valence-corrected chi connectivity index (χ4v) is 2.48. The van der Waals surface area contributed by atoms with Crippen LogP contribution in [0, 0.1) is 6.92 Å². The Labute approximate surface area is 137 Å². The molecule has 0 unspecified atom stereocenters. The van der Waals surface area contributed by atoms with Gasteiger partial charge in [-0.2, -0.15) is 4.57 Å². The molecular weight excluding hydrogens is 288 g/mol. The molecule has 0 spiro atoms. The van der Waals surface area contributed by atoms with Gasteiger partial charge in [-0.25, -0.2) is 4.79 Å². The van der Waals surface area contributed by atoms with Crippen LogP contribution in [0.25, 0.3) is 0 Å². The second-order valence-corrected chi connectivity index (χ2v) is 5.19. The smallest absolute Gasteiger partial charge is 0.338 e. The van der Waals surface area contributed by atoms with Crippen LogP contribution in [-0.2, 0) is 17.7 Å². The number of nitrogens with zero attached hydrogens (tertiary/aromatic N) is 2. The van der Waals surface area contributed by atoms with Gasteiger partial charge in [0.25, 0.3) is 0 Å². The molecule has 0 N–H and O–H groups in total. The quantitative estimate of drug-likeness (QED) is 0.466. The average molecular weight is 311 g/mol. The molecule has 0 aliphatic rings. The van der Waals surface area contributed by atoms with E-state index in [2.05, 4.69) is 41.6 Å². The molecule has 120 valence electrons. The number of esters is 1. The maximum atomic E-state index is 11.6. The van der Waals surface area contributed by atoms with Gasteiger partial charge in [-0.1, -0.05) is 0 Å². The number of aryl methyl sites for hydroxylation is 1. The third-order valence-electron chi connectivity index (χ3n) is 3.63. The lowest BCUT2D eigenvalue weighted by molar-refractivity contribution is -0.705. The number of carbonyl (C=O) groups excluding carboxylic acids is 1. The number of hydrogen-bond donors (Lipinski definition) is 0. The molecular formula is C19H23N2O2+. The molecule has 2 rings (SSSR count). The number of carbonyl (C=O) groups is 1. The van der Waals surface area contributed by atoms with Gasteiger partial charge in [0.2, 0.25) is 0 Å². The number of ether oxygens (including phenoxy) is 1. The van der Waals surface area contributed by atoms with E-state index in [0.717, 1.165) is 18.7 Å². The van der Waals surface area contributed by atoms with Crippen molar-refractivity contribution in [2.75, 3.05) is 6.61 Å². The van der Waals surface area contributed by atoms with Crippen LogP contribution in [0.15, 0.2) is 47.5 Å². The van der Waals surface area contributed by atoms with Gasteiger partial charge in [0.15, 0.2) is 11.4 Å². The first-order chi connectivity index (χ1) is 11.2. The highest BCUT2D eigenvalue weighted by atomic mass is 16.5. The van der Waals surface area contributed by atoms with E-state index in [1.807, 2.05) is 18.3 Å². The highest BCUT2D eigenvalue weighted by Gasteiger charge is 2.09. The Balaban J connectivity index is 2.04. The zero-order valence-corrected chi connectivity index (χ0v) is 14.0. The number of hydrogen-bond acceptors (Lipinski definition) is 3. The predicted octanol–water partition coefficient (Wildman–Crippen LogP) is 3.42. The summed E-state index contributed by atoms with van der Waals surface area (Å²) in [6.07, 6.45) is 2.68. The Morgan fingerprint density at radius 1 is 1.17 bits per heavy atom. The Morgan fingerprint density at radius 2 is 1.91 bits per heavy atom. The maximum Gasteiger partial charge on any atom is 0.338 e. The van der Waals surface area contributed by atoms with Crippen LogP contribution in [0.4, 0.5) is 5.69 Å². The fraction of sp³-hybridized carbons (Fsp3) is 0.316. The number of aromatic nitrogens is 1. The SMILES string of the molecule is CCOC(=O)c1ccc(N=CCc2cccc(C)[n+]2CC)cc1. The highest BCUT2D eigenvalue weighted by Crippen LogP contribution is 2.13. The average Bonchev–Trinajstić information content (AvgIpc) is 2.56. The molecule has 1 aromatic heterocycles. The first-order valence-electron chi connectivity index (χ1n) is 7.93. The normalized spacial score (nSPS) is 10.9. The van der Waals surface area contributed by atoms with Gasteiger partial charge in [-0.15, -0.1) is 0 Å². The third kappa shape index (κ3) is 4.49. The number of pyridine rings is 1. The van der Waals surface area contributed by atoms with Gasteiger partial charge < -0.3 is 4.74 Å². The van der Waals surface area contributed by atoms with E-state index >= 15 is 0 Å². The Bertz CT molecular complexity index is 691. The van der Waals surface area contributed by atoms with Crippen LogP contribution in [0.3, 0.4) is 0 Å². The molecule has 0 bridgehead atoms. The van der Waals surface area contributed by atoms with Crippen molar-refractivity contribution in [1.82, 2.24) is 0 Å². The van der Waals surface area contributed by atoms with Crippen LogP contribution in [0.5, 0.6) is 0 Å². The van der Waals surface area contributed by atoms with Crippen LogP contribution in [0.1, 0.15) is 35.6 Å². The zero-order chi connectivity index (χ0) is 16.7. The molecule has 4 heteroatoms. The van der Waals surface area contributed by atoms with Crippen molar-refractivity contribution in [2.24, 2.45) is 4.99 Å².